The molecular formula is C71H47N. The molecule has 0 bridgehead atoms. The third kappa shape index (κ3) is 6.63. The van der Waals surface area contributed by atoms with Gasteiger partial charge < -0.3 is 4.90 Å². The van der Waals surface area contributed by atoms with Gasteiger partial charge in [0.15, 0.2) is 0 Å². The molecule has 0 saturated heterocycles. The Labute approximate surface area is 420 Å². The second-order valence-corrected chi connectivity index (χ2v) is 19.2. The summed E-state index contributed by atoms with van der Waals surface area (Å²) in [5.41, 5.74) is 17.6. The maximum absolute atomic E-state index is 2.45. The molecule has 336 valence electrons. The van der Waals surface area contributed by atoms with Crippen molar-refractivity contribution in [1.82, 2.24) is 0 Å². The lowest BCUT2D eigenvalue weighted by Crippen LogP contribution is -2.28. The van der Waals surface area contributed by atoms with Crippen LogP contribution in [0.3, 0.4) is 0 Å². The number of hydrogen-bond acceptors (Lipinski definition) is 1. The molecule has 0 N–H and O–H groups in total. The van der Waals surface area contributed by atoms with Crippen LogP contribution in [0.4, 0.5) is 17.1 Å². The molecule has 0 amide bonds. The van der Waals surface area contributed by atoms with E-state index in [0.717, 1.165) is 28.2 Å². The quantitative estimate of drug-likeness (QED) is 0.137. The molecule has 72 heavy (non-hydrogen) atoms. The van der Waals surface area contributed by atoms with Crippen molar-refractivity contribution >= 4 is 60.2 Å². The van der Waals surface area contributed by atoms with Crippen LogP contribution >= 0.6 is 0 Å². The zero-order chi connectivity index (χ0) is 47.6. The fourth-order valence-electron chi connectivity index (χ4n) is 12.0. The Balaban J connectivity index is 0.943. The lowest BCUT2D eigenvalue weighted by Gasteiger charge is -2.34. The summed E-state index contributed by atoms with van der Waals surface area (Å²) in [7, 11) is 0. The number of anilines is 3. The minimum absolute atomic E-state index is 0.469. The summed E-state index contributed by atoms with van der Waals surface area (Å²) in [6.07, 6.45) is 0. The first-order valence-corrected chi connectivity index (χ1v) is 25.0. The molecule has 1 nitrogen and oxygen atoms in total. The summed E-state index contributed by atoms with van der Waals surface area (Å²) in [6.45, 7) is 0. The van der Waals surface area contributed by atoms with Gasteiger partial charge in [-0.2, -0.15) is 0 Å². The van der Waals surface area contributed by atoms with Gasteiger partial charge in [-0.15, -0.1) is 0 Å². The Kier molecular flexibility index (Phi) is 9.82. The average Bonchev–Trinajstić information content (AvgIpc) is 3.77. The second-order valence-electron chi connectivity index (χ2n) is 19.2. The fourth-order valence-corrected chi connectivity index (χ4v) is 12.0. The summed E-state index contributed by atoms with van der Waals surface area (Å²) < 4.78 is 0. The SMILES string of the molecule is c1ccc(C2(c3ccccc3)c3ccccc3-c3c(-c4ccc(N(c5cccc(-c6ccc7ccc8ccccc8c7c6)c5)c5ccccc5-c5ccc6ccc7ccccc7c6c5)cc4)cccc32)cc1. The maximum atomic E-state index is 2.45. The van der Waals surface area contributed by atoms with Gasteiger partial charge in [-0.1, -0.05) is 243 Å². The zero-order valence-electron chi connectivity index (χ0n) is 39.6. The van der Waals surface area contributed by atoms with E-state index in [1.54, 1.807) is 0 Å². The standard InChI is InChI=1S/C71H47N/c1-3-20-56(21-4-1)71(57-22-5-2-6-23-57)67-30-13-11-28-64(67)70-63(29-16-31-68(70)71)50-41-43-58(44-42-50)72(59-24-15-19-53(45-59)54-39-37-51-35-33-48-17-7-9-25-60(48)65(51)46-54)69-32-14-12-27-62(69)55-40-38-52-36-34-49-18-8-10-26-61(49)66(52)47-55/h1-47H. The van der Waals surface area contributed by atoms with E-state index in [-0.39, 0.29) is 0 Å². The number of nitrogens with zero attached hydrogens (tertiary/aromatic N) is 1. The van der Waals surface area contributed by atoms with Crippen molar-refractivity contribution in [3.63, 3.8) is 0 Å². The summed E-state index contributed by atoms with van der Waals surface area (Å²) >= 11 is 0. The first-order valence-electron chi connectivity index (χ1n) is 25.0. The van der Waals surface area contributed by atoms with Gasteiger partial charge in [-0.3, -0.25) is 0 Å². The smallest absolute Gasteiger partial charge is 0.0713 e. The Hall–Kier alpha value is -9.30. The van der Waals surface area contributed by atoms with Crippen LogP contribution < -0.4 is 4.90 Å². The van der Waals surface area contributed by atoms with E-state index >= 15 is 0 Å². The molecule has 13 aromatic carbocycles. The van der Waals surface area contributed by atoms with E-state index in [1.807, 2.05) is 0 Å². The molecule has 1 aliphatic carbocycles. The topological polar surface area (TPSA) is 3.24 Å². The molecule has 0 heterocycles. The van der Waals surface area contributed by atoms with Crippen LogP contribution in [0.2, 0.25) is 0 Å². The average molecular weight is 914 g/mol. The number of para-hydroxylation sites is 1. The lowest BCUT2D eigenvalue weighted by molar-refractivity contribution is 0.768. The highest BCUT2D eigenvalue weighted by Crippen LogP contribution is 2.58. The van der Waals surface area contributed by atoms with Crippen molar-refractivity contribution < 1.29 is 0 Å². The number of hydrogen-bond donors (Lipinski definition) is 0. The second kappa shape index (κ2) is 17.0. The molecule has 1 heteroatoms. The summed E-state index contributed by atoms with van der Waals surface area (Å²) in [6, 6.07) is 106. The zero-order valence-corrected chi connectivity index (χ0v) is 39.6. The van der Waals surface area contributed by atoms with Crippen LogP contribution in [-0.2, 0) is 5.41 Å². The Morgan fingerprint density at radius 2 is 0.722 bits per heavy atom. The number of rotatable bonds is 8. The third-order valence-electron chi connectivity index (χ3n) is 15.3. The predicted molar refractivity (Wildman–Crippen MR) is 305 cm³/mol. The van der Waals surface area contributed by atoms with Gasteiger partial charge in [-0.05, 0) is 147 Å². The summed E-state index contributed by atoms with van der Waals surface area (Å²) in [5.74, 6) is 0. The van der Waals surface area contributed by atoms with E-state index in [2.05, 4.69) is 290 Å². The highest BCUT2D eigenvalue weighted by Gasteiger charge is 2.46. The van der Waals surface area contributed by atoms with E-state index in [1.165, 1.54) is 98.7 Å². The van der Waals surface area contributed by atoms with Gasteiger partial charge in [0.1, 0.15) is 0 Å². The third-order valence-corrected chi connectivity index (χ3v) is 15.3. The van der Waals surface area contributed by atoms with Crippen LogP contribution in [0.15, 0.2) is 285 Å². The molecule has 0 saturated carbocycles. The van der Waals surface area contributed by atoms with Crippen molar-refractivity contribution in [3.8, 4) is 44.5 Å². The van der Waals surface area contributed by atoms with Crippen molar-refractivity contribution in [2.24, 2.45) is 0 Å². The van der Waals surface area contributed by atoms with Crippen molar-refractivity contribution in [2.75, 3.05) is 4.90 Å². The monoisotopic (exact) mass is 913 g/mol. The van der Waals surface area contributed by atoms with Gasteiger partial charge >= 0.3 is 0 Å². The molecular weight excluding hydrogens is 867 g/mol. The van der Waals surface area contributed by atoms with Crippen LogP contribution in [0.25, 0.3) is 87.6 Å². The largest absolute Gasteiger partial charge is 0.310 e. The predicted octanol–water partition coefficient (Wildman–Crippen LogP) is 19.1. The van der Waals surface area contributed by atoms with Crippen molar-refractivity contribution in [1.29, 1.82) is 0 Å². The first kappa shape index (κ1) is 41.7. The van der Waals surface area contributed by atoms with Crippen molar-refractivity contribution in [2.45, 2.75) is 5.41 Å². The highest BCUT2D eigenvalue weighted by atomic mass is 15.1. The van der Waals surface area contributed by atoms with Crippen LogP contribution in [0, 0.1) is 0 Å². The highest BCUT2D eigenvalue weighted by molar-refractivity contribution is 6.10. The van der Waals surface area contributed by atoms with E-state index in [0.29, 0.717) is 0 Å². The number of fused-ring (bicyclic) bond motifs is 9. The lowest BCUT2D eigenvalue weighted by atomic mass is 9.67. The van der Waals surface area contributed by atoms with E-state index < -0.39 is 5.41 Å². The van der Waals surface area contributed by atoms with Crippen LogP contribution in [0.1, 0.15) is 22.3 Å². The molecule has 0 radical (unpaired) electrons. The normalized spacial score (nSPS) is 12.6. The molecule has 1 aliphatic rings. The molecule has 13 aromatic rings. The molecule has 14 rings (SSSR count). The fraction of sp³-hybridized carbons (Fsp3) is 0.0141. The molecule has 0 aliphatic heterocycles. The van der Waals surface area contributed by atoms with Gasteiger partial charge in [0, 0.05) is 16.9 Å². The summed E-state index contributed by atoms with van der Waals surface area (Å²) in [5, 5.41) is 10.0. The minimum atomic E-state index is -0.469. The molecule has 0 aromatic heterocycles. The molecule has 0 atom stereocenters. The molecule has 0 spiro atoms. The maximum Gasteiger partial charge on any atom is 0.0713 e. The van der Waals surface area contributed by atoms with E-state index in [4.69, 9.17) is 0 Å². The Morgan fingerprint density at radius 1 is 0.250 bits per heavy atom. The number of benzene rings is 13. The van der Waals surface area contributed by atoms with Crippen LogP contribution in [-0.4, -0.2) is 0 Å². The summed E-state index contributed by atoms with van der Waals surface area (Å²) in [4.78, 5) is 2.45. The van der Waals surface area contributed by atoms with Gasteiger partial charge in [0.2, 0.25) is 0 Å². The van der Waals surface area contributed by atoms with Crippen molar-refractivity contribution in [3.05, 3.63) is 307 Å². The first-order chi connectivity index (χ1) is 35.7. The van der Waals surface area contributed by atoms with Gasteiger partial charge in [0.05, 0.1) is 11.1 Å². The van der Waals surface area contributed by atoms with Crippen LogP contribution in [0.5, 0.6) is 0 Å². The Morgan fingerprint density at radius 3 is 1.40 bits per heavy atom. The van der Waals surface area contributed by atoms with Gasteiger partial charge in [-0.25, -0.2) is 0 Å². The molecule has 0 unspecified atom stereocenters. The van der Waals surface area contributed by atoms with E-state index in [9.17, 15) is 0 Å². The minimum Gasteiger partial charge on any atom is -0.310 e. The van der Waals surface area contributed by atoms with Gasteiger partial charge in [0.25, 0.3) is 0 Å². The molecule has 0 fully saturated rings. The Bertz CT molecular complexity index is 4170.